The fourth-order valence-electron chi connectivity index (χ4n) is 6.04. The number of ether oxygens (including phenoxy) is 1. The van der Waals surface area contributed by atoms with Gasteiger partial charge in [-0.05, 0) is 78.2 Å². The van der Waals surface area contributed by atoms with Crippen LogP contribution in [0.4, 0.5) is 0 Å². The van der Waals surface area contributed by atoms with Crippen molar-refractivity contribution >= 4 is 38.3 Å². The topological polar surface area (TPSA) is 87.7 Å². The fourth-order valence-corrected chi connectivity index (χ4v) is 7.50. The molecule has 224 valence electrons. The van der Waals surface area contributed by atoms with Crippen LogP contribution in [0.25, 0.3) is 10.8 Å². The number of carbonyl (C=O) groups excluding carboxylic acids is 1. The summed E-state index contributed by atoms with van der Waals surface area (Å²) in [7, 11) is -3.95. The molecule has 43 heavy (non-hydrogen) atoms. The van der Waals surface area contributed by atoms with E-state index in [2.05, 4.69) is 33.1 Å². The van der Waals surface area contributed by atoms with Gasteiger partial charge in [-0.2, -0.15) is 0 Å². The Hall–Kier alpha value is -3.43. The summed E-state index contributed by atoms with van der Waals surface area (Å²) in [5.41, 5.74) is 2.76. The van der Waals surface area contributed by atoms with E-state index in [9.17, 15) is 13.2 Å². The number of sulfonamides is 1. The highest BCUT2D eigenvalue weighted by Gasteiger charge is 2.28. The van der Waals surface area contributed by atoms with Crippen LogP contribution >= 0.6 is 11.6 Å². The highest BCUT2D eigenvalue weighted by Crippen LogP contribution is 2.34. The number of hydrogen-bond acceptors (Lipinski definition) is 5. The van der Waals surface area contributed by atoms with Gasteiger partial charge in [0.15, 0.2) is 0 Å². The van der Waals surface area contributed by atoms with Gasteiger partial charge < -0.3 is 10.1 Å². The predicted octanol–water partition coefficient (Wildman–Crippen LogP) is 6.53. The van der Waals surface area contributed by atoms with Gasteiger partial charge in [-0.15, -0.1) is 0 Å². The summed E-state index contributed by atoms with van der Waals surface area (Å²) < 4.78 is 35.9. The second-order valence-corrected chi connectivity index (χ2v) is 13.6. The smallest absolute Gasteiger partial charge is 0.241 e. The normalized spacial score (nSPS) is 18.0. The molecule has 2 heterocycles. The van der Waals surface area contributed by atoms with Crippen molar-refractivity contribution in [1.82, 2.24) is 14.9 Å². The molecule has 2 aliphatic heterocycles. The van der Waals surface area contributed by atoms with Crippen LogP contribution < -0.4 is 14.8 Å². The molecule has 0 bridgehead atoms. The van der Waals surface area contributed by atoms with Crippen molar-refractivity contribution in [2.45, 2.75) is 55.6 Å². The van der Waals surface area contributed by atoms with Gasteiger partial charge >= 0.3 is 0 Å². The molecular weight excluding hydrogens is 582 g/mol. The van der Waals surface area contributed by atoms with E-state index in [-0.39, 0.29) is 23.3 Å². The Balaban J connectivity index is 1.19. The second kappa shape index (κ2) is 13.1. The van der Waals surface area contributed by atoms with Crippen molar-refractivity contribution in [2.75, 3.05) is 19.7 Å². The van der Waals surface area contributed by atoms with E-state index in [1.54, 1.807) is 42.5 Å². The maximum Gasteiger partial charge on any atom is 0.241 e. The van der Waals surface area contributed by atoms with E-state index in [4.69, 9.17) is 16.3 Å². The minimum absolute atomic E-state index is 0.0904. The molecule has 7 nitrogen and oxygen atoms in total. The maximum atomic E-state index is 13.6. The Bertz CT molecular complexity index is 1720. The van der Waals surface area contributed by atoms with E-state index in [1.807, 2.05) is 24.3 Å². The molecule has 9 heteroatoms. The molecule has 0 aliphatic carbocycles. The summed E-state index contributed by atoms with van der Waals surface area (Å²) in [6, 6.07) is 24.8. The van der Waals surface area contributed by atoms with Gasteiger partial charge in [-0.25, -0.2) is 13.1 Å². The third-order valence-electron chi connectivity index (χ3n) is 8.28. The first kappa shape index (κ1) is 29.6. The molecule has 0 spiro atoms. The molecule has 1 fully saturated rings. The molecule has 2 atom stereocenters. The van der Waals surface area contributed by atoms with Crippen LogP contribution in [-0.4, -0.2) is 38.9 Å². The molecule has 6 rings (SSSR count). The van der Waals surface area contributed by atoms with Crippen LogP contribution in [0.5, 0.6) is 5.75 Å². The third kappa shape index (κ3) is 7.21. The average molecular weight is 618 g/mol. The number of benzene rings is 4. The number of nitrogens with one attached hydrogen (secondary N) is 2. The van der Waals surface area contributed by atoms with Crippen LogP contribution in [0.1, 0.15) is 60.9 Å². The van der Waals surface area contributed by atoms with Gasteiger partial charge in [-0.1, -0.05) is 72.6 Å². The van der Waals surface area contributed by atoms with Gasteiger partial charge in [0.2, 0.25) is 15.9 Å². The van der Waals surface area contributed by atoms with E-state index in [0.29, 0.717) is 23.6 Å². The summed E-state index contributed by atoms with van der Waals surface area (Å²) in [5, 5.41) is 5.37. The van der Waals surface area contributed by atoms with Crippen LogP contribution in [0, 0.1) is 0 Å². The lowest BCUT2D eigenvalue weighted by atomic mass is 9.97. The summed E-state index contributed by atoms with van der Waals surface area (Å²) in [6.45, 7) is 3.63. The summed E-state index contributed by atoms with van der Waals surface area (Å²) in [6.07, 6.45) is 4.32. The third-order valence-corrected chi connectivity index (χ3v) is 9.98. The molecule has 1 saturated heterocycles. The first-order chi connectivity index (χ1) is 20.8. The number of hydrogen-bond donors (Lipinski definition) is 2. The average Bonchev–Trinajstić information content (AvgIpc) is 3.01. The molecule has 2 unspecified atom stereocenters. The quantitative estimate of drug-likeness (QED) is 0.223. The van der Waals surface area contributed by atoms with Crippen molar-refractivity contribution in [3.63, 3.8) is 0 Å². The van der Waals surface area contributed by atoms with Crippen molar-refractivity contribution in [1.29, 1.82) is 0 Å². The molecule has 2 N–H and O–H groups in total. The Labute approximate surface area is 258 Å². The number of carbonyl (C=O) groups is 1. The predicted molar refractivity (Wildman–Crippen MR) is 170 cm³/mol. The molecule has 0 radical (unpaired) electrons. The van der Waals surface area contributed by atoms with Crippen molar-refractivity contribution in [3.05, 3.63) is 107 Å². The monoisotopic (exact) mass is 617 g/mol. The molecule has 2 aliphatic rings. The van der Waals surface area contributed by atoms with Gasteiger partial charge in [-0.3, -0.25) is 9.69 Å². The van der Waals surface area contributed by atoms with E-state index in [0.717, 1.165) is 41.7 Å². The number of likely N-dealkylation sites (tertiary alicyclic amines) is 1. The number of nitrogens with zero attached hydrogens (tertiary/aromatic N) is 1. The minimum Gasteiger partial charge on any atom is -0.493 e. The first-order valence-electron chi connectivity index (χ1n) is 14.9. The van der Waals surface area contributed by atoms with E-state index in [1.165, 1.54) is 24.8 Å². The lowest BCUT2D eigenvalue weighted by Gasteiger charge is -2.29. The summed E-state index contributed by atoms with van der Waals surface area (Å²) in [5.74, 6) is 0.538. The Morgan fingerprint density at radius 2 is 1.74 bits per heavy atom. The zero-order valence-electron chi connectivity index (χ0n) is 24.0. The van der Waals surface area contributed by atoms with Crippen molar-refractivity contribution in [3.8, 4) is 5.75 Å². The Morgan fingerprint density at radius 3 is 2.56 bits per heavy atom. The Morgan fingerprint density at radius 1 is 0.930 bits per heavy atom. The molecular formula is C34H36ClN3O4S. The number of piperidine rings is 1. The Kier molecular flexibility index (Phi) is 9.00. The molecule has 0 aromatic heterocycles. The highest BCUT2D eigenvalue weighted by molar-refractivity contribution is 7.89. The van der Waals surface area contributed by atoms with Crippen LogP contribution in [0.2, 0.25) is 5.02 Å². The molecule has 1 amide bonds. The number of rotatable bonds is 9. The van der Waals surface area contributed by atoms with Crippen LogP contribution in [0.15, 0.2) is 89.8 Å². The standard InChI is InChI=1S/C34H36ClN3O4S/c35-28-10-6-9-27(20-28)32(37-43(40,41)29-13-12-25-7-2-3-8-26(25)21-29)22-34(39)36-31-15-18-42-33-19-24(11-14-30(31)33)23-38-16-4-1-5-17-38/h2-3,6-14,19-21,31-32,37H,1,4-5,15-18,22-23H2,(H,36,39). The van der Waals surface area contributed by atoms with E-state index >= 15 is 0 Å². The van der Waals surface area contributed by atoms with Gasteiger partial charge in [0.25, 0.3) is 0 Å². The molecule has 4 aromatic carbocycles. The van der Waals surface area contributed by atoms with Crippen molar-refractivity contribution in [2.24, 2.45) is 0 Å². The minimum atomic E-state index is -3.95. The number of halogens is 1. The lowest BCUT2D eigenvalue weighted by Crippen LogP contribution is -2.36. The summed E-state index contributed by atoms with van der Waals surface area (Å²) in [4.78, 5) is 16.1. The highest BCUT2D eigenvalue weighted by atomic mass is 35.5. The largest absolute Gasteiger partial charge is 0.493 e. The van der Waals surface area contributed by atoms with Gasteiger partial charge in [0, 0.05) is 30.0 Å². The summed E-state index contributed by atoms with van der Waals surface area (Å²) >= 11 is 6.27. The molecule has 4 aromatic rings. The SMILES string of the molecule is O=C(CC(NS(=O)(=O)c1ccc2ccccc2c1)c1cccc(Cl)c1)NC1CCOc2cc(CN3CCCCC3)ccc21. The van der Waals surface area contributed by atoms with Crippen LogP contribution in [-0.2, 0) is 21.4 Å². The first-order valence-corrected chi connectivity index (χ1v) is 16.7. The van der Waals surface area contributed by atoms with Gasteiger partial charge in [0.1, 0.15) is 5.75 Å². The van der Waals surface area contributed by atoms with Crippen LogP contribution in [0.3, 0.4) is 0 Å². The van der Waals surface area contributed by atoms with Gasteiger partial charge in [0.05, 0.1) is 23.6 Å². The maximum absolute atomic E-state index is 13.6. The fraction of sp³-hybridized carbons (Fsp3) is 0.324. The second-order valence-electron chi connectivity index (χ2n) is 11.4. The lowest BCUT2D eigenvalue weighted by molar-refractivity contribution is -0.122. The zero-order chi connectivity index (χ0) is 29.8. The molecule has 0 saturated carbocycles. The van der Waals surface area contributed by atoms with Crippen molar-refractivity contribution < 1.29 is 17.9 Å². The number of fused-ring (bicyclic) bond motifs is 2. The van der Waals surface area contributed by atoms with E-state index < -0.39 is 16.1 Å². The zero-order valence-corrected chi connectivity index (χ0v) is 25.5. The number of amides is 1.